The molecule has 0 bridgehead atoms. The minimum absolute atomic E-state index is 0.00531. The Labute approximate surface area is 117 Å². The first-order valence-electron chi connectivity index (χ1n) is 6.83. The lowest BCUT2D eigenvalue weighted by molar-refractivity contribution is -0.159. The van der Waals surface area contributed by atoms with Gasteiger partial charge in [0.1, 0.15) is 0 Å². The zero-order valence-corrected chi connectivity index (χ0v) is 11.5. The SMILES string of the molecule is CN1CCC(C(=O)N2CCC(C(=O)O)C(C(=O)O)C2)C1. The van der Waals surface area contributed by atoms with Crippen molar-refractivity contribution in [3.05, 3.63) is 0 Å². The fourth-order valence-corrected chi connectivity index (χ4v) is 3.09. The van der Waals surface area contributed by atoms with Crippen molar-refractivity contribution in [2.24, 2.45) is 17.8 Å². The fourth-order valence-electron chi connectivity index (χ4n) is 3.09. The van der Waals surface area contributed by atoms with E-state index in [0.717, 1.165) is 13.0 Å². The molecule has 20 heavy (non-hydrogen) atoms. The molecule has 2 rings (SSSR count). The van der Waals surface area contributed by atoms with Crippen molar-refractivity contribution < 1.29 is 24.6 Å². The molecule has 0 aromatic rings. The highest BCUT2D eigenvalue weighted by atomic mass is 16.4. The van der Waals surface area contributed by atoms with Gasteiger partial charge in [-0.3, -0.25) is 14.4 Å². The summed E-state index contributed by atoms with van der Waals surface area (Å²) in [6, 6.07) is 0. The highest BCUT2D eigenvalue weighted by molar-refractivity contribution is 5.83. The van der Waals surface area contributed by atoms with Crippen molar-refractivity contribution in [1.29, 1.82) is 0 Å². The predicted molar refractivity (Wildman–Crippen MR) is 69.1 cm³/mol. The quantitative estimate of drug-likeness (QED) is 0.730. The molecule has 0 saturated carbocycles. The second-order valence-electron chi connectivity index (χ2n) is 5.71. The summed E-state index contributed by atoms with van der Waals surface area (Å²) >= 11 is 0. The number of hydrogen-bond acceptors (Lipinski definition) is 4. The molecular formula is C13H20N2O5. The predicted octanol–water partition coefficient (Wildman–Crippen LogP) is -0.428. The molecule has 3 atom stereocenters. The summed E-state index contributed by atoms with van der Waals surface area (Å²) in [7, 11) is 1.95. The van der Waals surface area contributed by atoms with Crippen LogP contribution in [0.25, 0.3) is 0 Å². The Morgan fingerprint density at radius 3 is 2.10 bits per heavy atom. The lowest BCUT2D eigenvalue weighted by Crippen LogP contribution is -2.50. The summed E-state index contributed by atoms with van der Waals surface area (Å²) in [6.07, 6.45) is 0.993. The standard InChI is InChI=1S/C13H20N2O5/c1-14-4-2-8(6-14)11(16)15-5-3-9(12(17)18)10(7-15)13(19)20/h8-10H,2-7H2,1H3,(H,17,18)(H,19,20). The van der Waals surface area contributed by atoms with Crippen LogP contribution in [0.1, 0.15) is 12.8 Å². The molecule has 2 aliphatic rings. The largest absolute Gasteiger partial charge is 0.481 e. The van der Waals surface area contributed by atoms with Gasteiger partial charge in [0.05, 0.1) is 17.8 Å². The molecule has 0 aliphatic carbocycles. The summed E-state index contributed by atoms with van der Waals surface area (Å²) in [6.45, 7) is 1.89. The summed E-state index contributed by atoms with van der Waals surface area (Å²) in [5.74, 6) is -4.27. The minimum Gasteiger partial charge on any atom is -0.481 e. The molecule has 2 fully saturated rings. The van der Waals surface area contributed by atoms with Gasteiger partial charge in [0.2, 0.25) is 5.91 Å². The number of piperidine rings is 1. The van der Waals surface area contributed by atoms with Crippen LogP contribution in [0.15, 0.2) is 0 Å². The molecule has 7 nitrogen and oxygen atoms in total. The topological polar surface area (TPSA) is 98.2 Å². The van der Waals surface area contributed by atoms with Crippen molar-refractivity contribution in [2.75, 3.05) is 33.2 Å². The highest BCUT2D eigenvalue weighted by Crippen LogP contribution is 2.27. The molecule has 2 aliphatic heterocycles. The van der Waals surface area contributed by atoms with Crippen molar-refractivity contribution in [2.45, 2.75) is 12.8 Å². The van der Waals surface area contributed by atoms with E-state index < -0.39 is 23.8 Å². The number of carboxylic acid groups (broad SMARTS) is 2. The van der Waals surface area contributed by atoms with Crippen molar-refractivity contribution in [1.82, 2.24) is 9.80 Å². The maximum Gasteiger partial charge on any atom is 0.309 e. The number of nitrogens with zero attached hydrogens (tertiary/aromatic N) is 2. The molecule has 0 radical (unpaired) electrons. The molecular weight excluding hydrogens is 264 g/mol. The monoisotopic (exact) mass is 284 g/mol. The van der Waals surface area contributed by atoms with Crippen molar-refractivity contribution in [3.63, 3.8) is 0 Å². The van der Waals surface area contributed by atoms with Crippen LogP contribution in [-0.4, -0.2) is 71.1 Å². The van der Waals surface area contributed by atoms with Gasteiger partial charge in [-0.1, -0.05) is 0 Å². The molecule has 0 spiro atoms. The van der Waals surface area contributed by atoms with Crippen molar-refractivity contribution >= 4 is 17.8 Å². The Balaban J connectivity index is 2.03. The van der Waals surface area contributed by atoms with Crippen LogP contribution in [0.5, 0.6) is 0 Å². The number of rotatable bonds is 3. The maximum atomic E-state index is 12.3. The summed E-state index contributed by atoms with van der Waals surface area (Å²) < 4.78 is 0. The summed E-state index contributed by atoms with van der Waals surface area (Å²) in [5, 5.41) is 18.2. The highest BCUT2D eigenvalue weighted by Gasteiger charge is 2.41. The summed E-state index contributed by atoms with van der Waals surface area (Å²) in [5.41, 5.74) is 0. The van der Waals surface area contributed by atoms with E-state index in [2.05, 4.69) is 4.90 Å². The van der Waals surface area contributed by atoms with E-state index in [-0.39, 0.29) is 24.8 Å². The molecule has 7 heteroatoms. The van der Waals surface area contributed by atoms with Crippen LogP contribution in [0.4, 0.5) is 0 Å². The van der Waals surface area contributed by atoms with Crippen LogP contribution in [0.2, 0.25) is 0 Å². The van der Waals surface area contributed by atoms with E-state index in [4.69, 9.17) is 10.2 Å². The Morgan fingerprint density at radius 2 is 1.60 bits per heavy atom. The number of hydrogen-bond donors (Lipinski definition) is 2. The zero-order chi connectivity index (χ0) is 14.9. The fraction of sp³-hybridized carbons (Fsp3) is 0.769. The van der Waals surface area contributed by atoms with E-state index in [1.54, 1.807) is 0 Å². The second-order valence-corrected chi connectivity index (χ2v) is 5.71. The van der Waals surface area contributed by atoms with Gasteiger partial charge in [-0.05, 0) is 26.4 Å². The van der Waals surface area contributed by atoms with E-state index in [1.165, 1.54) is 4.90 Å². The number of likely N-dealkylation sites (tertiary alicyclic amines) is 2. The Hall–Kier alpha value is -1.63. The maximum absolute atomic E-state index is 12.3. The molecule has 3 unspecified atom stereocenters. The van der Waals surface area contributed by atoms with Gasteiger partial charge in [-0.15, -0.1) is 0 Å². The lowest BCUT2D eigenvalue weighted by atomic mass is 9.85. The van der Waals surface area contributed by atoms with Crippen LogP contribution >= 0.6 is 0 Å². The number of aliphatic carboxylic acids is 2. The first-order valence-corrected chi connectivity index (χ1v) is 6.83. The molecule has 2 saturated heterocycles. The Kier molecular flexibility index (Phi) is 4.27. The van der Waals surface area contributed by atoms with Gasteiger partial charge < -0.3 is 20.0 Å². The van der Waals surface area contributed by atoms with Crippen molar-refractivity contribution in [3.8, 4) is 0 Å². The molecule has 0 aromatic carbocycles. The average molecular weight is 284 g/mol. The molecule has 2 N–H and O–H groups in total. The average Bonchev–Trinajstić information content (AvgIpc) is 2.83. The molecule has 112 valence electrons. The van der Waals surface area contributed by atoms with Gasteiger partial charge in [0.15, 0.2) is 0 Å². The van der Waals surface area contributed by atoms with Gasteiger partial charge >= 0.3 is 11.9 Å². The first-order chi connectivity index (χ1) is 9.40. The normalized spacial score (nSPS) is 31.2. The number of carboxylic acids is 2. The van der Waals surface area contributed by atoms with E-state index in [1.807, 2.05) is 7.05 Å². The minimum atomic E-state index is -1.14. The number of carbonyl (C=O) groups is 3. The van der Waals surface area contributed by atoms with E-state index in [9.17, 15) is 14.4 Å². The van der Waals surface area contributed by atoms with Crippen LogP contribution in [-0.2, 0) is 14.4 Å². The Morgan fingerprint density at radius 1 is 0.950 bits per heavy atom. The smallest absolute Gasteiger partial charge is 0.309 e. The Bertz CT molecular complexity index is 425. The first kappa shape index (κ1) is 14.8. The zero-order valence-electron chi connectivity index (χ0n) is 11.5. The van der Waals surface area contributed by atoms with E-state index >= 15 is 0 Å². The molecule has 0 aromatic heterocycles. The van der Waals surface area contributed by atoms with Crippen LogP contribution in [0.3, 0.4) is 0 Å². The second kappa shape index (κ2) is 5.78. The summed E-state index contributed by atoms with van der Waals surface area (Å²) in [4.78, 5) is 38.2. The van der Waals surface area contributed by atoms with Crippen LogP contribution < -0.4 is 0 Å². The molecule has 2 heterocycles. The van der Waals surface area contributed by atoms with Crippen LogP contribution in [0, 0.1) is 17.8 Å². The third-order valence-electron chi connectivity index (χ3n) is 4.30. The van der Waals surface area contributed by atoms with Gasteiger partial charge in [-0.2, -0.15) is 0 Å². The van der Waals surface area contributed by atoms with Gasteiger partial charge in [0, 0.05) is 19.6 Å². The van der Waals surface area contributed by atoms with E-state index in [0.29, 0.717) is 13.1 Å². The third-order valence-corrected chi connectivity index (χ3v) is 4.30. The lowest BCUT2D eigenvalue weighted by Gasteiger charge is -2.35. The third kappa shape index (κ3) is 2.92. The van der Waals surface area contributed by atoms with Gasteiger partial charge in [0.25, 0.3) is 0 Å². The van der Waals surface area contributed by atoms with Gasteiger partial charge in [-0.25, -0.2) is 0 Å². The molecule has 1 amide bonds. The number of carbonyl (C=O) groups excluding carboxylic acids is 1. The number of amides is 1.